The number of hydrogen-bond donors (Lipinski definition) is 1. The fourth-order valence-corrected chi connectivity index (χ4v) is 2.13. The summed E-state index contributed by atoms with van der Waals surface area (Å²) in [4.78, 5) is 0. The number of ether oxygens (including phenoxy) is 1. The molecule has 0 aliphatic rings. The van der Waals surface area contributed by atoms with Gasteiger partial charge in [0.05, 0.1) is 12.7 Å². The Morgan fingerprint density at radius 3 is 2.50 bits per heavy atom. The van der Waals surface area contributed by atoms with E-state index in [0.29, 0.717) is 18.2 Å². The van der Waals surface area contributed by atoms with Crippen LogP contribution in [0.4, 0.5) is 4.39 Å². The van der Waals surface area contributed by atoms with Crippen LogP contribution in [0, 0.1) is 5.82 Å². The largest absolute Gasteiger partial charge is 0.367 e. The SMILES string of the molecule is CNCC(OCc1ccccc1Cl)c1ccc(F)cc1. The van der Waals surface area contributed by atoms with Crippen LogP contribution in [-0.2, 0) is 11.3 Å². The van der Waals surface area contributed by atoms with E-state index in [0.717, 1.165) is 11.1 Å². The predicted octanol–water partition coefficient (Wildman–Crippen LogP) is 3.96. The maximum atomic E-state index is 13.0. The lowest BCUT2D eigenvalue weighted by Gasteiger charge is -2.18. The third-order valence-corrected chi connectivity index (χ3v) is 3.40. The van der Waals surface area contributed by atoms with Gasteiger partial charge in [-0.05, 0) is 36.4 Å². The number of rotatable bonds is 6. The van der Waals surface area contributed by atoms with E-state index in [1.807, 2.05) is 31.3 Å². The number of likely N-dealkylation sites (N-methyl/N-ethyl adjacent to an activating group) is 1. The standard InChI is InChI=1S/C16H17ClFNO/c1-19-10-16(12-6-8-14(18)9-7-12)20-11-13-4-2-3-5-15(13)17/h2-9,16,19H,10-11H2,1H3. The second-order valence-corrected chi connectivity index (χ2v) is 4.91. The van der Waals surface area contributed by atoms with Crippen molar-refractivity contribution >= 4 is 11.6 Å². The summed E-state index contributed by atoms with van der Waals surface area (Å²) < 4.78 is 18.9. The monoisotopic (exact) mass is 293 g/mol. The second-order valence-electron chi connectivity index (χ2n) is 4.50. The maximum absolute atomic E-state index is 13.0. The summed E-state index contributed by atoms with van der Waals surface area (Å²) in [5.41, 5.74) is 1.88. The van der Waals surface area contributed by atoms with E-state index in [2.05, 4.69) is 5.32 Å². The molecule has 0 amide bonds. The minimum atomic E-state index is -0.247. The zero-order valence-corrected chi connectivity index (χ0v) is 12.0. The number of hydrogen-bond acceptors (Lipinski definition) is 2. The van der Waals surface area contributed by atoms with Gasteiger partial charge in [0, 0.05) is 11.6 Å². The van der Waals surface area contributed by atoms with E-state index in [1.54, 1.807) is 12.1 Å². The molecule has 0 spiro atoms. The number of benzene rings is 2. The lowest BCUT2D eigenvalue weighted by Crippen LogP contribution is -2.19. The Balaban J connectivity index is 2.06. The highest BCUT2D eigenvalue weighted by Gasteiger charge is 2.12. The molecule has 0 heterocycles. The predicted molar refractivity (Wildman–Crippen MR) is 79.3 cm³/mol. The van der Waals surface area contributed by atoms with Crippen molar-refractivity contribution in [3.63, 3.8) is 0 Å². The zero-order valence-electron chi connectivity index (χ0n) is 11.3. The highest BCUT2D eigenvalue weighted by molar-refractivity contribution is 6.31. The fourth-order valence-electron chi connectivity index (χ4n) is 1.94. The lowest BCUT2D eigenvalue weighted by atomic mass is 10.1. The normalized spacial score (nSPS) is 12.3. The molecule has 2 nitrogen and oxygen atoms in total. The Hall–Kier alpha value is -1.42. The minimum absolute atomic E-state index is 0.142. The van der Waals surface area contributed by atoms with Crippen molar-refractivity contribution in [2.24, 2.45) is 0 Å². The maximum Gasteiger partial charge on any atom is 0.123 e. The van der Waals surface area contributed by atoms with Gasteiger partial charge in [-0.1, -0.05) is 41.9 Å². The summed E-state index contributed by atoms with van der Waals surface area (Å²) in [7, 11) is 1.86. The van der Waals surface area contributed by atoms with Gasteiger partial charge in [-0.25, -0.2) is 4.39 Å². The van der Waals surface area contributed by atoms with Crippen LogP contribution in [0.1, 0.15) is 17.2 Å². The zero-order chi connectivity index (χ0) is 14.4. The van der Waals surface area contributed by atoms with Gasteiger partial charge in [0.25, 0.3) is 0 Å². The molecule has 4 heteroatoms. The first-order valence-electron chi connectivity index (χ1n) is 6.46. The van der Waals surface area contributed by atoms with Crippen LogP contribution in [0.15, 0.2) is 48.5 Å². The highest BCUT2D eigenvalue weighted by Crippen LogP contribution is 2.22. The molecular weight excluding hydrogens is 277 g/mol. The molecule has 0 saturated carbocycles. The van der Waals surface area contributed by atoms with Gasteiger partial charge in [0.1, 0.15) is 5.82 Å². The molecule has 1 atom stereocenters. The molecule has 2 aromatic rings. The van der Waals surface area contributed by atoms with Gasteiger partial charge in [0.2, 0.25) is 0 Å². The molecule has 2 rings (SSSR count). The van der Waals surface area contributed by atoms with Crippen LogP contribution in [0.2, 0.25) is 5.02 Å². The Morgan fingerprint density at radius 2 is 1.85 bits per heavy atom. The van der Waals surface area contributed by atoms with Crippen molar-refractivity contribution < 1.29 is 9.13 Å². The van der Waals surface area contributed by atoms with Crippen LogP contribution in [0.3, 0.4) is 0 Å². The molecule has 2 aromatic carbocycles. The Kier molecular flexibility index (Phi) is 5.53. The molecule has 0 aliphatic heterocycles. The average Bonchev–Trinajstić information content (AvgIpc) is 2.46. The van der Waals surface area contributed by atoms with Crippen LogP contribution >= 0.6 is 11.6 Å². The van der Waals surface area contributed by atoms with E-state index in [-0.39, 0.29) is 11.9 Å². The van der Waals surface area contributed by atoms with Gasteiger partial charge in [0.15, 0.2) is 0 Å². The van der Waals surface area contributed by atoms with Crippen molar-refractivity contribution in [1.82, 2.24) is 5.32 Å². The molecule has 0 aromatic heterocycles. The first kappa shape index (κ1) is 15.0. The summed E-state index contributed by atoms with van der Waals surface area (Å²) in [6.07, 6.45) is -0.142. The summed E-state index contributed by atoms with van der Waals surface area (Å²) in [6, 6.07) is 13.9. The van der Waals surface area contributed by atoms with Gasteiger partial charge in [-0.15, -0.1) is 0 Å². The Labute approximate surface area is 123 Å². The summed E-state index contributed by atoms with van der Waals surface area (Å²) >= 11 is 6.11. The van der Waals surface area contributed by atoms with Crippen LogP contribution in [0.5, 0.6) is 0 Å². The molecule has 106 valence electrons. The van der Waals surface area contributed by atoms with E-state index < -0.39 is 0 Å². The third kappa shape index (κ3) is 4.04. The highest BCUT2D eigenvalue weighted by atomic mass is 35.5. The molecule has 1 N–H and O–H groups in total. The van der Waals surface area contributed by atoms with Gasteiger partial charge in [-0.2, -0.15) is 0 Å². The molecule has 0 radical (unpaired) electrons. The molecule has 20 heavy (non-hydrogen) atoms. The molecule has 0 aliphatic carbocycles. The molecule has 0 bridgehead atoms. The number of nitrogens with one attached hydrogen (secondary N) is 1. The summed E-state index contributed by atoms with van der Waals surface area (Å²) in [6.45, 7) is 1.07. The quantitative estimate of drug-likeness (QED) is 0.870. The van der Waals surface area contributed by atoms with Crippen LogP contribution in [-0.4, -0.2) is 13.6 Å². The first-order chi connectivity index (χ1) is 9.70. The summed E-state index contributed by atoms with van der Waals surface area (Å²) in [5, 5.41) is 3.77. The molecule has 0 fully saturated rings. The Bertz CT molecular complexity index is 544. The van der Waals surface area contributed by atoms with E-state index in [4.69, 9.17) is 16.3 Å². The topological polar surface area (TPSA) is 21.3 Å². The second kappa shape index (κ2) is 7.39. The van der Waals surface area contributed by atoms with Crippen molar-refractivity contribution in [2.75, 3.05) is 13.6 Å². The Morgan fingerprint density at radius 1 is 1.15 bits per heavy atom. The minimum Gasteiger partial charge on any atom is -0.367 e. The van der Waals surface area contributed by atoms with Gasteiger partial charge < -0.3 is 10.1 Å². The molecular formula is C16H17ClFNO. The van der Waals surface area contributed by atoms with Gasteiger partial charge in [-0.3, -0.25) is 0 Å². The molecule has 1 unspecified atom stereocenters. The van der Waals surface area contributed by atoms with Crippen LogP contribution < -0.4 is 5.32 Å². The third-order valence-electron chi connectivity index (χ3n) is 3.03. The molecule has 0 saturated heterocycles. The lowest BCUT2D eigenvalue weighted by molar-refractivity contribution is 0.0411. The summed E-state index contributed by atoms with van der Waals surface area (Å²) in [5.74, 6) is -0.247. The average molecular weight is 294 g/mol. The van der Waals surface area contributed by atoms with Crippen molar-refractivity contribution in [3.8, 4) is 0 Å². The first-order valence-corrected chi connectivity index (χ1v) is 6.83. The van der Waals surface area contributed by atoms with E-state index >= 15 is 0 Å². The smallest absolute Gasteiger partial charge is 0.123 e. The van der Waals surface area contributed by atoms with Gasteiger partial charge >= 0.3 is 0 Å². The number of halogens is 2. The van der Waals surface area contributed by atoms with E-state index in [1.165, 1.54) is 12.1 Å². The van der Waals surface area contributed by atoms with E-state index in [9.17, 15) is 4.39 Å². The fraction of sp³-hybridized carbons (Fsp3) is 0.250. The van der Waals surface area contributed by atoms with Crippen molar-refractivity contribution in [3.05, 3.63) is 70.5 Å². The van der Waals surface area contributed by atoms with Crippen molar-refractivity contribution in [1.29, 1.82) is 0 Å². The van der Waals surface area contributed by atoms with Crippen molar-refractivity contribution in [2.45, 2.75) is 12.7 Å². The van der Waals surface area contributed by atoms with Crippen LogP contribution in [0.25, 0.3) is 0 Å².